The maximum absolute atomic E-state index is 6.03. The monoisotopic (exact) mass is 355 g/mol. The quantitative estimate of drug-likeness (QED) is 0.826. The summed E-state index contributed by atoms with van der Waals surface area (Å²) in [5.41, 5.74) is 1.21. The summed E-state index contributed by atoms with van der Waals surface area (Å²) in [5.74, 6) is 1.53. The predicted molar refractivity (Wildman–Crippen MR) is 82.4 cm³/mol. The lowest BCUT2D eigenvalue weighted by Crippen LogP contribution is -2.42. The van der Waals surface area contributed by atoms with Gasteiger partial charge >= 0.3 is 0 Å². The van der Waals surface area contributed by atoms with Gasteiger partial charge in [-0.2, -0.15) is 0 Å². The first-order chi connectivity index (χ1) is 9.72. The second kappa shape index (κ2) is 5.16. The lowest BCUT2D eigenvalue weighted by atomic mass is 10.1. The average Bonchev–Trinajstić information content (AvgIpc) is 3.18. The van der Waals surface area contributed by atoms with E-state index in [0.29, 0.717) is 16.6 Å². The van der Waals surface area contributed by atoms with Gasteiger partial charge in [0.15, 0.2) is 0 Å². The van der Waals surface area contributed by atoms with Crippen LogP contribution in [0.15, 0.2) is 4.47 Å². The van der Waals surface area contributed by atoms with Crippen molar-refractivity contribution in [2.75, 3.05) is 19.7 Å². The number of hydrogen-bond donors (Lipinski definition) is 1. The molecule has 3 aliphatic rings. The van der Waals surface area contributed by atoms with E-state index < -0.39 is 0 Å². The molecule has 108 valence electrons. The number of ether oxygens (including phenoxy) is 1. The van der Waals surface area contributed by atoms with E-state index in [9.17, 15) is 0 Å². The maximum atomic E-state index is 6.03. The molecular formula is C14H18BrN3OS. The van der Waals surface area contributed by atoms with Crippen LogP contribution in [0.3, 0.4) is 0 Å². The zero-order valence-electron chi connectivity index (χ0n) is 11.3. The minimum absolute atomic E-state index is 0.0386. The second-order valence-electron chi connectivity index (χ2n) is 6.04. The molecular weight excluding hydrogens is 338 g/mol. The zero-order chi connectivity index (χ0) is 13.7. The third kappa shape index (κ3) is 2.36. The summed E-state index contributed by atoms with van der Waals surface area (Å²) < 4.78 is 7.66. The van der Waals surface area contributed by atoms with Gasteiger partial charge in [0.2, 0.25) is 0 Å². The van der Waals surface area contributed by atoms with Crippen LogP contribution in [0.1, 0.15) is 49.2 Å². The van der Waals surface area contributed by atoms with Crippen LogP contribution in [-0.4, -0.2) is 40.6 Å². The summed E-state index contributed by atoms with van der Waals surface area (Å²) in [6, 6.07) is 0.618. The number of halogens is 1. The fourth-order valence-electron chi connectivity index (χ4n) is 3.28. The number of H-pyrrole nitrogens is 1. The number of aromatic amines is 1. The molecule has 0 radical (unpaired) electrons. The third-order valence-electron chi connectivity index (χ3n) is 4.59. The van der Waals surface area contributed by atoms with Crippen molar-refractivity contribution in [2.45, 2.75) is 43.7 Å². The number of nitrogens with one attached hydrogen (secondary N) is 1. The van der Waals surface area contributed by atoms with Crippen LogP contribution in [0.5, 0.6) is 0 Å². The molecule has 20 heavy (non-hydrogen) atoms. The fourth-order valence-corrected chi connectivity index (χ4v) is 4.00. The predicted octanol–water partition coefficient (Wildman–Crippen LogP) is 3.31. The standard InChI is InChI=1S/C14H18BrN3OS/c15-11-12(8-3-4-8)16-13(17-14(11)20)10-6-18-5-1-2-9(18)7-19-10/h8-10H,1-7H2,(H,16,17,20). The molecule has 0 bridgehead atoms. The first-order valence-electron chi connectivity index (χ1n) is 7.37. The van der Waals surface area contributed by atoms with Crippen LogP contribution in [0.25, 0.3) is 0 Å². The van der Waals surface area contributed by atoms with Gasteiger partial charge in [0.25, 0.3) is 0 Å². The molecule has 1 aromatic heterocycles. The van der Waals surface area contributed by atoms with Gasteiger partial charge in [-0.1, -0.05) is 12.2 Å². The molecule has 4 rings (SSSR count). The second-order valence-corrected chi connectivity index (χ2v) is 7.22. The number of hydrogen-bond acceptors (Lipinski definition) is 4. The van der Waals surface area contributed by atoms with Gasteiger partial charge in [0, 0.05) is 24.2 Å². The topological polar surface area (TPSA) is 41.2 Å². The van der Waals surface area contributed by atoms with Gasteiger partial charge in [0.1, 0.15) is 16.6 Å². The number of aromatic nitrogens is 2. The number of fused-ring (bicyclic) bond motifs is 1. The van der Waals surface area contributed by atoms with Crippen LogP contribution in [0.2, 0.25) is 0 Å². The first-order valence-corrected chi connectivity index (χ1v) is 8.58. The molecule has 1 aliphatic carbocycles. The third-order valence-corrected chi connectivity index (χ3v) is 5.95. The Bertz CT molecular complexity index is 586. The molecule has 3 fully saturated rings. The highest BCUT2D eigenvalue weighted by molar-refractivity contribution is 9.10. The van der Waals surface area contributed by atoms with Gasteiger partial charge in [0.05, 0.1) is 11.1 Å². The van der Waals surface area contributed by atoms with Crippen molar-refractivity contribution in [3.63, 3.8) is 0 Å². The maximum Gasteiger partial charge on any atom is 0.144 e. The van der Waals surface area contributed by atoms with Crippen molar-refractivity contribution in [1.82, 2.24) is 14.9 Å². The molecule has 0 spiro atoms. The van der Waals surface area contributed by atoms with Crippen molar-refractivity contribution in [3.8, 4) is 0 Å². The van der Waals surface area contributed by atoms with E-state index in [1.807, 2.05) is 0 Å². The molecule has 0 amide bonds. The Morgan fingerprint density at radius 2 is 2.20 bits per heavy atom. The Morgan fingerprint density at radius 1 is 1.35 bits per heavy atom. The normalized spacial score (nSPS) is 30.4. The Balaban J connectivity index is 1.63. The molecule has 0 aromatic carbocycles. The first kappa shape index (κ1) is 13.4. The summed E-state index contributed by atoms with van der Waals surface area (Å²) in [5, 5.41) is 0. The Hall–Kier alpha value is -0.300. The van der Waals surface area contributed by atoms with Gasteiger partial charge in [-0.15, -0.1) is 0 Å². The van der Waals surface area contributed by atoms with Gasteiger partial charge in [-0.05, 0) is 48.2 Å². The Kier molecular flexibility index (Phi) is 3.45. The summed E-state index contributed by atoms with van der Waals surface area (Å²) in [4.78, 5) is 10.6. The van der Waals surface area contributed by atoms with Crippen LogP contribution in [0.4, 0.5) is 0 Å². The zero-order valence-corrected chi connectivity index (χ0v) is 13.7. The molecule has 1 saturated carbocycles. The summed E-state index contributed by atoms with van der Waals surface area (Å²) in [7, 11) is 0. The number of nitrogens with zero attached hydrogens (tertiary/aromatic N) is 2. The molecule has 4 nitrogen and oxygen atoms in total. The van der Waals surface area contributed by atoms with Crippen molar-refractivity contribution < 1.29 is 4.74 Å². The molecule has 1 N–H and O–H groups in total. The molecule has 6 heteroatoms. The SMILES string of the molecule is S=c1nc(C2CN3CCCC3CO2)[nH]c(C2CC2)c1Br. The molecule has 2 aliphatic heterocycles. The highest BCUT2D eigenvalue weighted by atomic mass is 79.9. The fraction of sp³-hybridized carbons (Fsp3) is 0.714. The number of rotatable bonds is 2. The Labute approximate surface area is 132 Å². The smallest absolute Gasteiger partial charge is 0.144 e. The van der Waals surface area contributed by atoms with Gasteiger partial charge < -0.3 is 9.72 Å². The lowest BCUT2D eigenvalue weighted by Gasteiger charge is -2.34. The minimum Gasteiger partial charge on any atom is -0.367 e. The van der Waals surface area contributed by atoms with E-state index in [-0.39, 0.29) is 6.10 Å². The van der Waals surface area contributed by atoms with Crippen LogP contribution in [0, 0.1) is 4.64 Å². The number of morpholine rings is 1. The van der Waals surface area contributed by atoms with Crippen molar-refractivity contribution >= 4 is 28.1 Å². The molecule has 2 atom stereocenters. The largest absolute Gasteiger partial charge is 0.367 e. The summed E-state index contributed by atoms with van der Waals surface area (Å²) in [6.07, 6.45) is 5.08. The van der Waals surface area contributed by atoms with Gasteiger partial charge in [-0.25, -0.2) is 4.98 Å². The van der Waals surface area contributed by atoms with Crippen LogP contribution in [-0.2, 0) is 4.74 Å². The summed E-state index contributed by atoms with van der Waals surface area (Å²) in [6.45, 7) is 2.95. The molecule has 3 heterocycles. The molecule has 2 saturated heterocycles. The van der Waals surface area contributed by atoms with E-state index in [4.69, 9.17) is 17.0 Å². The van der Waals surface area contributed by atoms with Crippen LogP contribution < -0.4 is 0 Å². The summed E-state index contributed by atoms with van der Waals surface area (Å²) >= 11 is 8.97. The average molecular weight is 356 g/mol. The van der Waals surface area contributed by atoms with E-state index in [0.717, 1.165) is 23.4 Å². The highest BCUT2D eigenvalue weighted by Crippen LogP contribution is 2.42. The van der Waals surface area contributed by atoms with E-state index in [2.05, 4.69) is 30.8 Å². The van der Waals surface area contributed by atoms with E-state index in [1.165, 1.54) is 37.9 Å². The van der Waals surface area contributed by atoms with E-state index in [1.54, 1.807) is 0 Å². The van der Waals surface area contributed by atoms with Crippen LogP contribution >= 0.6 is 28.1 Å². The minimum atomic E-state index is 0.0386. The van der Waals surface area contributed by atoms with Crippen molar-refractivity contribution in [1.29, 1.82) is 0 Å². The molecule has 2 unspecified atom stereocenters. The Morgan fingerprint density at radius 3 is 3.00 bits per heavy atom. The van der Waals surface area contributed by atoms with E-state index >= 15 is 0 Å². The highest BCUT2D eigenvalue weighted by Gasteiger charge is 2.35. The lowest BCUT2D eigenvalue weighted by molar-refractivity contribution is -0.0542. The molecule has 1 aromatic rings. The van der Waals surface area contributed by atoms with Crippen molar-refractivity contribution in [2.24, 2.45) is 0 Å². The van der Waals surface area contributed by atoms with Gasteiger partial charge in [-0.3, -0.25) is 4.90 Å². The van der Waals surface area contributed by atoms with Crippen molar-refractivity contribution in [3.05, 3.63) is 20.6 Å².